The van der Waals surface area contributed by atoms with Gasteiger partial charge in [0.1, 0.15) is 0 Å². The van der Waals surface area contributed by atoms with Crippen LogP contribution in [0, 0.1) is 5.41 Å². The predicted molar refractivity (Wildman–Crippen MR) is 73.1 cm³/mol. The lowest BCUT2D eigenvalue weighted by atomic mass is 9.90. The minimum atomic E-state index is 0.201. The van der Waals surface area contributed by atoms with Gasteiger partial charge in [0, 0.05) is 11.6 Å². The summed E-state index contributed by atoms with van der Waals surface area (Å²) in [5.41, 5.74) is 0.201. The third kappa shape index (κ3) is 5.29. The minimum Gasteiger partial charge on any atom is -0.293 e. The lowest BCUT2D eigenvalue weighted by Gasteiger charge is -2.18. The Labute approximate surface area is 100 Å². The van der Waals surface area contributed by atoms with Crippen LogP contribution in [-0.2, 0) is 0 Å². The van der Waals surface area contributed by atoms with Crippen molar-refractivity contribution < 1.29 is 0 Å². The molecule has 0 radical (unpaired) electrons. The molecule has 1 aliphatic rings. The van der Waals surface area contributed by atoms with Crippen molar-refractivity contribution in [1.82, 2.24) is 0 Å². The van der Waals surface area contributed by atoms with Crippen LogP contribution < -0.4 is 0 Å². The van der Waals surface area contributed by atoms with Crippen LogP contribution in [0.25, 0.3) is 0 Å². The average molecular weight is 219 g/mol. The molecule has 1 rings (SSSR count). The Morgan fingerprint density at radius 3 is 2.50 bits per heavy atom. The molecular weight excluding hydrogens is 194 g/mol. The molecule has 0 spiro atoms. The Morgan fingerprint density at radius 1 is 1.12 bits per heavy atom. The molecule has 1 aliphatic heterocycles. The van der Waals surface area contributed by atoms with Crippen LogP contribution in [0.5, 0.6) is 0 Å². The van der Waals surface area contributed by atoms with Crippen molar-refractivity contribution in [2.45, 2.75) is 58.9 Å². The zero-order chi connectivity index (χ0) is 11.9. The van der Waals surface area contributed by atoms with Gasteiger partial charge in [-0.05, 0) is 32.1 Å². The van der Waals surface area contributed by atoms with Gasteiger partial charge >= 0.3 is 0 Å². The highest BCUT2D eigenvalue weighted by Crippen LogP contribution is 2.20. The second kappa shape index (κ2) is 6.67. The molecule has 1 nitrogen and oxygen atoms in total. The number of allylic oxidation sites excluding steroid dienone is 3. The summed E-state index contributed by atoms with van der Waals surface area (Å²) in [6.07, 6.45) is 17.0. The summed E-state index contributed by atoms with van der Waals surface area (Å²) in [4.78, 5) is 4.72. The highest BCUT2D eigenvalue weighted by Gasteiger charge is 2.13. The van der Waals surface area contributed by atoms with Crippen LogP contribution in [0.2, 0.25) is 0 Å². The first-order valence-electron chi connectivity index (χ1n) is 6.48. The van der Waals surface area contributed by atoms with Gasteiger partial charge in [0.05, 0.1) is 6.04 Å². The second-order valence-corrected chi connectivity index (χ2v) is 5.29. The third-order valence-electron chi connectivity index (χ3n) is 2.99. The molecule has 0 aromatic carbocycles. The maximum atomic E-state index is 4.72. The monoisotopic (exact) mass is 219 g/mol. The molecule has 0 aliphatic carbocycles. The van der Waals surface area contributed by atoms with E-state index in [4.69, 9.17) is 4.99 Å². The van der Waals surface area contributed by atoms with E-state index in [0.29, 0.717) is 6.04 Å². The van der Waals surface area contributed by atoms with Crippen LogP contribution in [0.3, 0.4) is 0 Å². The smallest absolute Gasteiger partial charge is 0.0527 e. The second-order valence-electron chi connectivity index (χ2n) is 5.29. The lowest BCUT2D eigenvalue weighted by molar-refractivity contribution is 0.534. The third-order valence-corrected chi connectivity index (χ3v) is 2.99. The van der Waals surface area contributed by atoms with Crippen LogP contribution in [0.15, 0.2) is 29.3 Å². The first-order chi connectivity index (χ1) is 7.64. The van der Waals surface area contributed by atoms with Crippen molar-refractivity contribution in [1.29, 1.82) is 0 Å². The van der Waals surface area contributed by atoms with E-state index in [1.165, 1.54) is 6.42 Å². The molecule has 1 heterocycles. The first kappa shape index (κ1) is 13.2. The highest BCUT2D eigenvalue weighted by atomic mass is 14.8. The highest BCUT2D eigenvalue weighted by molar-refractivity contribution is 5.65. The predicted octanol–water partition coefficient (Wildman–Crippen LogP) is 4.55. The Hall–Kier alpha value is -0.850. The molecule has 0 fully saturated rings. The Kier molecular flexibility index (Phi) is 5.51. The molecule has 1 heteroatoms. The van der Waals surface area contributed by atoms with E-state index < -0.39 is 0 Å². The first-order valence-corrected chi connectivity index (χ1v) is 6.48. The van der Waals surface area contributed by atoms with E-state index >= 15 is 0 Å². The van der Waals surface area contributed by atoms with Gasteiger partial charge in [-0.15, -0.1) is 0 Å². The van der Waals surface area contributed by atoms with Gasteiger partial charge in [-0.3, -0.25) is 4.99 Å². The number of hydrogen-bond acceptors (Lipinski definition) is 1. The Bertz CT molecular complexity index is 271. The van der Waals surface area contributed by atoms with Gasteiger partial charge in [-0.1, -0.05) is 45.1 Å². The molecule has 0 aromatic rings. The van der Waals surface area contributed by atoms with Gasteiger partial charge in [0.25, 0.3) is 0 Å². The van der Waals surface area contributed by atoms with Crippen LogP contribution in [0.1, 0.15) is 52.9 Å². The molecule has 0 bridgehead atoms. The topological polar surface area (TPSA) is 12.4 Å². The fraction of sp³-hybridized carbons (Fsp3) is 0.667. The van der Waals surface area contributed by atoms with Crippen LogP contribution in [0.4, 0.5) is 0 Å². The maximum absolute atomic E-state index is 4.72. The van der Waals surface area contributed by atoms with Gasteiger partial charge in [-0.25, -0.2) is 0 Å². The molecule has 16 heavy (non-hydrogen) atoms. The molecular formula is C15H25N. The number of aliphatic imine (C=N–C) groups is 1. The lowest BCUT2D eigenvalue weighted by Crippen LogP contribution is -2.14. The number of hydrogen-bond donors (Lipinski definition) is 0. The zero-order valence-corrected chi connectivity index (χ0v) is 10.9. The summed E-state index contributed by atoms with van der Waals surface area (Å²) in [6, 6.07) is 0.471. The molecule has 0 N–H and O–H groups in total. The summed E-state index contributed by atoms with van der Waals surface area (Å²) in [5.74, 6) is 0. The molecule has 0 saturated heterocycles. The Balaban J connectivity index is 2.71. The van der Waals surface area contributed by atoms with Gasteiger partial charge < -0.3 is 0 Å². The normalized spacial score (nSPS) is 30.1. The number of nitrogens with zero attached hydrogens (tertiary/aromatic N) is 1. The summed E-state index contributed by atoms with van der Waals surface area (Å²) in [7, 11) is 0. The van der Waals surface area contributed by atoms with E-state index in [0.717, 1.165) is 25.7 Å². The van der Waals surface area contributed by atoms with Crippen molar-refractivity contribution >= 4 is 6.21 Å². The quantitative estimate of drug-likeness (QED) is 0.574. The standard InChI is InChI=1S/C15H25N/c1-4-14-11-9-7-5-6-8-10-12-15(2,3)13-16-14/h7-10,13-14H,4-6,11-12H2,1-3H3/b9-7-,10-8-,16-13?. The molecule has 90 valence electrons. The van der Waals surface area contributed by atoms with Crippen molar-refractivity contribution in [3.63, 3.8) is 0 Å². The summed E-state index contributed by atoms with van der Waals surface area (Å²) >= 11 is 0. The summed E-state index contributed by atoms with van der Waals surface area (Å²) in [5, 5.41) is 0. The van der Waals surface area contributed by atoms with Crippen LogP contribution >= 0.6 is 0 Å². The average Bonchev–Trinajstić information content (AvgIpc) is 2.24. The fourth-order valence-electron chi connectivity index (χ4n) is 1.76. The van der Waals surface area contributed by atoms with Crippen LogP contribution in [-0.4, -0.2) is 12.3 Å². The zero-order valence-electron chi connectivity index (χ0n) is 10.9. The minimum absolute atomic E-state index is 0.201. The summed E-state index contributed by atoms with van der Waals surface area (Å²) in [6.45, 7) is 6.74. The van der Waals surface area contributed by atoms with Crippen molar-refractivity contribution in [2.24, 2.45) is 10.4 Å². The molecule has 0 aromatic heterocycles. The maximum Gasteiger partial charge on any atom is 0.0527 e. The summed E-state index contributed by atoms with van der Waals surface area (Å²) < 4.78 is 0. The largest absolute Gasteiger partial charge is 0.293 e. The van der Waals surface area contributed by atoms with Crippen molar-refractivity contribution in [3.05, 3.63) is 24.3 Å². The Morgan fingerprint density at radius 2 is 1.81 bits per heavy atom. The van der Waals surface area contributed by atoms with E-state index in [1.54, 1.807) is 0 Å². The van der Waals surface area contributed by atoms with E-state index in [-0.39, 0.29) is 5.41 Å². The fourth-order valence-corrected chi connectivity index (χ4v) is 1.76. The molecule has 1 unspecified atom stereocenters. The van der Waals surface area contributed by atoms with Gasteiger partial charge in [0.2, 0.25) is 0 Å². The van der Waals surface area contributed by atoms with E-state index in [9.17, 15) is 0 Å². The molecule has 0 amide bonds. The molecule has 1 atom stereocenters. The van der Waals surface area contributed by atoms with E-state index in [2.05, 4.69) is 51.3 Å². The van der Waals surface area contributed by atoms with E-state index in [1.807, 2.05) is 0 Å². The van der Waals surface area contributed by atoms with Crippen molar-refractivity contribution in [2.75, 3.05) is 0 Å². The van der Waals surface area contributed by atoms with Gasteiger partial charge in [-0.2, -0.15) is 0 Å². The van der Waals surface area contributed by atoms with Crippen molar-refractivity contribution in [3.8, 4) is 0 Å². The SMILES string of the molecule is CCC1C/C=C\CC/C=C\CC(C)(C)C=N1. The molecule has 0 saturated carbocycles. The van der Waals surface area contributed by atoms with Gasteiger partial charge in [0.15, 0.2) is 0 Å². The number of rotatable bonds is 1.